The van der Waals surface area contributed by atoms with Crippen LogP contribution >= 0.6 is 0 Å². The van der Waals surface area contributed by atoms with Crippen molar-refractivity contribution in [3.63, 3.8) is 0 Å². The number of primary amides is 1. The Balaban J connectivity index is 1.33. The minimum absolute atomic E-state index is 0.0462. The van der Waals surface area contributed by atoms with Crippen LogP contribution in [0.25, 0.3) is 0 Å². The molecule has 2 aromatic rings. The molecule has 2 saturated heterocycles. The second-order valence-electron chi connectivity index (χ2n) is 9.42. The van der Waals surface area contributed by atoms with E-state index in [0.717, 1.165) is 5.56 Å². The number of piperidine rings is 1. The summed E-state index contributed by atoms with van der Waals surface area (Å²) in [7, 11) is 0. The fourth-order valence-electron chi connectivity index (χ4n) is 4.88. The van der Waals surface area contributed by atoms with Gasteiger partial charge in [-0.2, -0.15) is 0 Å². The predicted molar refractivity (Wildman–Crippen MR) is 131 cm³/mol. The van der Waals surface area contributed by atoms with Crippen LogP contribution in [0.4, 0.5) is 0 Å². The van der Waals surface area contributed by atoms with E-state index in [0.29, 0.717) is 55.9 Å². The van der Waals surface area contributed by atoms with Crippen LogP contribution in [0, 0.1) is 5.92 Å². The van der Waals surface area contributed by atoms with Gasteiger partial charge in [0.2, 0.25) is 5.91 Å². The smallest absolute Gasteiger partial charge is 0.253 e. The molecule has 0 radical (unpaired) electrons. The highest BCUT2D eigenvalue weighted by atomic mass is 16.5. The van der Waals surface area contributed by atoms with Gasteiger partial charge >= 0.3 is 0 Å². The van der Waals surface area contributed by atoms with Crippen molar-refractivity contribution in [1.82, 2.24) is 9.80 Å². The van der Waals surface area contributed by atoms with Crippen molar-refractivity contribution in [3.05, 3.63) is 65.2 Å². The first-order valence-electron chi connectivity index (χ1n) is 12.2. The maximum Gasteiger partial charge on any atom is 0.253 e. The number of benzene rings is 2. The minimum Gasteiger partial charge on any atom is -0.488 e. The molecule has 2 aromatic carbocycles. The zero-order chi connectivity index (χ0) is 24.9. The summed E-state index contributed by atoms with van der Waals surface area (Å²) in [6.45, 7) is 6.55. The van der Waals surface area contributed by atoms with Crippen molar-refractivity contribution in [1.29, 1.82) is 0 Å². The van der Waals surface area contributed by atoms with Gasteiger partial charge in [0.25, 0.3) is 11.8 Å². The molecule has 0 bridgehead atoms. The lowest BCUT2D eigenvalue weighted by Crippen LogP contribution is -2.51. The van der Waals surface area contributed by atoms with E-state index in [1.165, 1.54) is 0 Å². The van der Waals surface area contributed by atoms with Crippen molar-refractivity contribution >= 4 is 17.7 Å². The number of rotatable bonds is 6. The number of ether oxygens (including phenoxy) is 2. The normalized spacial score (nSPS) is 21.0. The van der Waals surface area contributed by atoms with Gasteiger partial charge in [-0.3, -0.25) is 14.4 Å². The fourth-order valence-corrected chi connectivity index (χ4v) is 4.88. The van der Waals surface area contributed by atoms with Crippen molar-refractivity contribution in [2.75, 3.05) is 26.2 Å². The molecule has 0 aliphatic carbocycles. The van der Waals surface area contributed by atoms with Crippen LogP contribution in [0.5, 0.6) is 5.75 Å². The summed E-state index contributed by atoms with van der Waals surface area (Å²) >= 11 is 0. The highest BCUT2D eigenvalue weighted by Crippen LogP contribution is 2.24. The molecule has 3 amide bonds. The van der Waals surface area contributed by atoms with Gasteiger partial charge < -0.3 is 25.0 Å². The van der Waals surface area contributed by atoms with Gasteiger partial charge in [-0.1, -0.05) is 24.3 Å². The van der Waals surface area contributed by atoms with Gasteiger partial charge in [-0.05, 0) is 56.5 Å². The van der Waals surface area contributed by atoms with Gasteiger partial charge in [-0.25, -0.2) is 0 Å². The Bertz CT molecular complexity index is 1070. The number of nitrogens with zero attached hydrogens (tertiary/aromatic N) is 2. The summed E-state index contributed by atoms with van der Waals surface area (Å²) in [6.07, 6.45) is 1.42. The fraction of sp³-hybridized carbons (Fsp3) is 0.444. The average Bonchev–Trinajstić information content (AvgIpc) is 2.86. The number of amides is 3. The van der Waals surface area contributed by atoms with Crippen molar-refractivity contribution < 1.29 is 23.9 Å². The van der Waals surface area contributed by atoms with Gasteiger partial charge in [0, 0.05) is 37.7 Å². The molecule has 0 aromatic heterocycles. The first-order valence-corrected chi connectivity index (χ1v) is 12.2. The number of para-hydroxylation sites is 1. The summed E-state index contributed by atoms with van der Waals surface area (Å²) in [5.41, 5.74) is 7.13. The van der Waals surface area contributed by atoms with Crippen molar-refractivity contribution in [3.8, 4) is 5.75 Å². The number of likely N-dealkylation sites (tertiary alicyclic amines) is 1. The summed E-state index contributed by atoms with van der Waals surface area (Å²) in [6, 6.07) is 14.1. The van der Waals surface area contributed by atoms with E-state index in [1.54, 1.807) is 30.3 Å². The predicted octanol–water partition coefficient (Wildman–Crippen LogP) is 2.85. The molecule has 8 nitrogen and oxygen atoms in total. The Kier molecular flexibility index (Phi) is 7.70. The molecule has 4 rings (SSSR count). The van der Waals surface area contributed by atoms with Crippen LogP contribution in [-0.2, 0) is 16.1 Å². The maximum absolute atomic E-state index is 13.1. The SMILES string of the molecule is CC1CN(C(=O)C2CCN(C(=O)c3cccc(COc4ccccc4C(N)=O)c3)CC2)CC(C)O1. The molecular formula is C27H33N3O5. The second-order valence-corrected chi connectivity index (χ2v) is 9.42. The number of nitrogens with two attached hydrogens (primary N) is 1. The summed E-state index contributed by atoms with van der Waals surface area (Å²) < 4.78 is 11.5. The number of hydrogen-bond acceptors (Lipinski definition) is 5. The lowest BCUT2D eigenvalue weighted by molar-refractivity contribution is -0.148. The number of carbonyl (C=O) groups excluding carboxylic acids is 3. The Morgan fingerprint density at radius 1 is 0.971 bits per heavy atom. The van der Waals surface area contributed by atoms with Gasteiger partial charge in [0.15, 0.2) is 0 Å². The Morgan fingerprint density at radius 2 is 1.66 bits per heavy atom. The summed E-state index contributed by atoms with van der Waals surface area (Å²) in [5, 5.41) is 0. The van der Waals surface area contributed by atoms with Crippen LogP contribution in [0.3, 0.4) is 0 Å². The van der Waals surface area contributed by atoms with E-state index >= 15 is 0 Å². The van der Waals surface area contributed by atoms with E-state index in [9.17, 15) is 14.4 Å². The van der Waals surface area contributed by atoms with E-state index in [4.69, 9.17) is 15.2 Å². The molecule has 2 fully saturated rings. The highest BCUT2D eigenvalue weighted by Gasteiger charge is 2.33. The van der Waals surface area contributed by atoms with Crippen LogP contribution in [0.2, 0.25) is 0 Å². The Hall–Kier alpha value is -3.39. The lowest BCUT2D eigenvalue weighted by Gasteiger charge is -2.39. The Morgan fingerprint density at radius 3 is 2.34 bits per heavy atom. The standard InChI is InChI=1S/C27H33N3O5/c1-18-15-30(16-19(2)35-18)26(32)21-10-12-29(13-11-21)27(33)22-7-5-6-20(14-22)17-34-24-9-4-3-8-23(24)25(28)31/h3-9,14,18-19,21H,10-13,15-17H2,1-2H3,(H2,28,31). The molecule has 35 heavy (non-hydrogen) atoms. The molecule has 8 heteroatoms. The maximum atomic E-state index is 13.1. The highest BCUT2D eigenvalue weighted by molar-refractivity contribution is 5.95. The zero-order valence-corrected chi connectivity index (χ0v) is 20.3. The third-order valence-electron chi connectivity index (χ3n) is 6.58. The lowest BCUT2D eigenvalue weighted by atomic mass is 9.94. The molecule has 2 aliphatic heterocycles. The molecule has 2 unspecified atom stereocenters. The number of hydrogen-bond donors (Lipinski definition) is 1. The first-order chi connectivity index (χ1) is 16.8. The minimum atomic E-state index is -0.552. The molecule has 186 valence electrons. The quantitative estimate of drug-likeness (QED) is 0.687. The van der Waals surface area contributed by atoms with Gasteiger partial charge in [0.1, 0.15) is 12.4 Å². The first kappa shape index (κ1) is 24.7. The van der Waals surface area contributed by atoms with E-state index < -0.39 is 5.91 Å². The van der Waals surface area contributed by atoms with Crippen LogP contribution in [0.15, 0.2) is 48.5 Å². The molecule has 2 aliphatic rings. The van der Waals surface area contributed by atoms with Crippen molar-refractivity contribution in [2.24, 2.45) is 11.7 Å². The third kappa shape index (κ3) is 6.00. The third-order valence-corrected chi connectivity index (χ3v) is 6.58. The van der Waals surface area contributed by atoms with Gasteiger partial charge in [-0.15, -0.1) is 0 Å². The van der Waals surface area contributed by atoms with Crippen LogP contribution in [-0.4, -0.2) is 65.9 Å². The molecule has 0 saturated carbocycles. The van der Waals surface area contributed by atoms with Crippen molar-refractivity contribution in [2.45, 2.75) is 45.5 Å². The number of carbonyl (C=O) groups is 3. The number of morpholine rings is 1. The molecule has 2 heterocycles. The average molecular weight is 480 g/mol. The van der Waals surface area contributed by atoms with Crippen LogP contribution in [0.1, 0.15) is 53.0 Å². The van der Waals surface area contributed by atoms with E-state index in [-0.39, 0.29) is 36.5 Å². The largest absolute Gasteiger partial charge is 0.488 e. The van der Waals surface area contributed by atoms with Crippen LogP contribution < -0.4 is 10.5 Å². The second kappa shape index (κ2) is 10.9. The molecule has 0 spiro atoms. The summed E-state index contributed by atoms with van der Waals surface area (Å²) in [4.78, 5) is 41.5. The van der Waals surface area contributed by atoms with E-state index in [1.807, 2.05) is 41.8 Å². The topological polar surface area (TPSA) is 102 Å². The Labute approximate surface area is 206 Å². The molecule has 2 N–H and O–H groups in total. The summed E-state index contributed by atoms with van der Waals surface area (Å²) in [5.74, 6) is -0.0726. The molecular weight excluding hydrogens is 446 g/mol. The van der Waals surface area contributed by atoms with Gasteiger partial charge in [0.05, 0.1) is 17.8 Å². The van der Waals surface area contributed by atoms with E-state index in [2.05, 4.69) is 0 Å². The molecule has 2 atom stereocenters. The monoisotopic (exact) mass is 479 g/mol. The zero-order valence-electron chi connectivity index (χ0n) is 20.3.